The Morgan fingerprint density at radius 2 is 1.11 bits per heavy atom. The fourth-order valence-electron chi connectivity index (χ4n) is 2.03. The fourth-order valence-corrected chi connectivity index (χ4v) is 2.97. The smallest absolute Gasteiger partial charge is 0.519 e. The van der Waals surface area contributed by atoms with Gasteiger partial charge in [0.15, 0.2) is 11.5 Å². The first-order chi connectivity index (χ1) is 17.3. The Morgan fingerprint density at radius 3 is 1.47 bits per heavy atom. The van der Waals surface area contributed by atoms with Crippen molar-refractivity contribution in [1.82, 2.24) is 0 Å². The lowest BCUT2D eigenvalue weighted by Gasteiger charge is -2.14. The zero-order valence-corrected chi connectivity index (χ0v) is 19.2. The summed E-state index contributed by atoms with van der Waals surface area (Å²) < 4.78 is 125. The molecule has 0 bridgehead atoms. The molecule has 0 unspecified atom stereocenters. The number of halogens is 6. The van der Waals surface area contributed by atoms with E-state index in [2.05, 4.69) is 18.1 Å². The highest BCUT2D eigenvalue weighted by molar-refractivity contribution is 7.88. The fraction of sp³-hybridized carbons (Fsp3) is 0.111. The summed E-state index contributed by atoms with van der Waals surface area (Å²) in [5.41, 5.74) is -14.8. The largest absolute Gasteiger partial charge is 0.534 e. The normalized spacial score (nSPS) is 11.4. The molecule has 0 aliphatic rings. The number of phenolic OH excluding ortho intramolecular Hbond substituents is 2. The zero-order valence-electron chi connectivity index (χ0n) is 17.5. The van der Waals surface area contributed by atoms with Gasteiger partial charge >= 0.3 is 31.3 Å². The molecule has 0 saturated carbocycles. The molecule has 0 fully saturated rings. The van der Waals surface area contributed by atoms with Crippen LogP contribution in [0.15, 0.2) is 24.3 Å². The Labute approximate surface area is 208 Å². The van der Waals surface area contributed by atoms with Crippen molar-refractivity contribution in [3.63, 3.8) is 0 Å². The molecule has 0 atom stereocenters. The van der Waals surface area contributed by atoms with Crippen LogP contribution in [0.4, 0.5) is 37.7 Å². The van der Waals surface area contributed by atoms with E-state index in [9.17, 15) is 43.2 Å². The first-order valence-electron chi connectivity index (χ1n) is 8.56. The van der Waals surface area contributed by atoms with Gasteiger partial charge in [0.05, 0.1) is 25.3 Å². The Hall–Kier alpha value is -4.92. The molecule has 2 aromatic carbocycles. The first-order valence-corrected chi connectivity index (χ1v) is 11.4. The summed E-state index contributed by atoms with van der Waals surface area (Å²) >= 11 is 0. The number of hydrogen-bond donors (Lipinski definition) is 2. The quantitative estimate of drug-likeness (QED) is 0.174. The molecule has 12 nitrogen and oxygen atoms in total. The third-order valence-electron chi connectivity index (χ3n) is 3.65. The standard InChI is InChI=1S/C10H2F6N2O6S2.C8H4N2O2/c1-18-8-5(4-17)6(23-25(19,20)9(11,12)13)2-3-7(8)24-26(21,22)10(14,15)16;1-10-8-5(4-9)6(11)2-3-7(8)12/h2-3H;2-3,11-12H. The van der Waals surface area contributed by atoms with Crippen LogP contribution >= 0.6 is 0 Å². The van der Waals surface area contributed by atoms with E-state index in [0.29, 0.717) is 0 Å². The number of aromatic hydroxyl groups is 2. The van der Waals surface area contributed by atoms with Gasteiger partial charge in [-0.05, 0) is 24.3 Å². The van der Waals surface area contributed by atoms with Gasteiger partial charge in [0.2, 0.25) is 5.69 Å². The number of benzene rings is 2. The van der Waals surface area contributed by atoms with Crippen LogP contribution in [0.2, 0.25) is 0 Å². The number of hydrogen-bond acceptors (Lipinski definition) is 10. The van der Waals surface area contributed by atoms with Crippen LogP contribution in [0.1, 0.15) is 11.1 Å². The predicted molar refractivity (Wildman–Crippen MR) is 109 cm³/mol. The van der Waals surface area contributed by atoms with Crippen LogP contribution in [-0.4, -0.2) is 38.1 Å². The Balaban J connectivity index is 0.000000499. The number of nitrogens with zero attached hydrogens (tertiary/aromatic N) is 4. The number of rotatable bonds is 4. The van der Waals surface area contributed by atoms with Gasteiger partial charge in [-0.15, -0.1) is 0 Å². The summed E-state index contributed by atoms with van der Waals surface area (Å²) in [5.74, 6) is -3.32. The van der Waals surface area contributed by atoms with Crippen LogP contribution in [0.25, 0.3) is 9.69 Å². The highest BCUT2D eigenvalue weighted by Crippen LogP contribution is 2.41. The molecule has 38 heavy (non-hydrogen) atoms. The number of alkyl halides is 6. The summed E-state index contributed by atoms with van der Waals surface area (Å²) in [4.78, 5) is 5.39. The summed E-state index contributed by atoms with van der Waals surface area (Å²) in [5, 5.41) is 35.5. The zero-order chi connectivity index (χ0) is 29.7. The maximum Gasteiger partial charge on any atom is 0.534 e. The highest BCUT2D eigenvalue weighted by atomic mass is 32.2. The molecule has 2 rings (SSSR count). The molecule has 0 spiro atoms. The van der Waals surface area contributed by atoms with Gasteiger partial charge in [0, 0.05) is 0 Å². The van der Waals surface area contributed by atoms with E-state index in [1.807, 2.05) is 0 Å². The molecule has 2 N–H and O–H groups in total. The molecule has 200 valence electrons. The van der Waals surface area contributed by atoms with Crippen molar-refractivity contribution < 1.29 is 61.8 Å². The van der Waals surface area contributed by atoms with Crippen LogP contribution in [-0.2, 0) is 20.2 Å². The van der Waals surface area contributed by atoms with Crippen LogP contribution in [0.5, 0.6) is 23.0 Å². The van der Waals surface area contributed by atoms with E-state index < -0.39 is 54.0 Å². The van der Waals surface area contributed by atoms with Crippen molar-refractivity contribution in [2.24, 2.45) is 0 Å². The van der Waals surface area contributed by atoms with E-state index in [4.69, 9.17) is 33.9 Å². The van der Waals surface area contributed by atoms with Gasteiger partial charge in [-0.1, -0.05) is 0 Å². The average molecular weight is 584 g/mol. The first kappa shape index (κ1) is 31.1. The third-order valence-corrected chi connectivity index (χ3v) is 5.58. The molecule has 0 radical (unpaired) electrons. The second kappa shape index (κ2) is 11.0. The van der Waals surface area contributed by atoms with E-state index in [-0.39, 0.29) is 34.9 Å². The molecule has 2 aromatic rings. The SMILES string of the molecule is [C-]#[N+]c1c(O)ccc(O)c1C#N.[C-]#[N+]c1c(OS(=O)(=O)C(F)(F)F)ccc(OS(=O)(=O)C(F)(F)F)c1C#N. The Bertz CT molecular complexity index is 1520. The Kier molecular flexibility index (Phi) is 9.00. The number of nitriles is 2. The molecule has 0 amide bonds. The Morgan fingerprint density at radius 1 is 0.711 bits per heavy atom. The van der Waals surface area contributed by atoms with Crippen LogP contribution < -0.4 is 8.37 Å². The number of phenols is 2. The molecular formula is C18H6F6N4O8S2. The summed E-state index contributed by atoms with van der Waals surface area (Å²) in [7, 11) is -12.5. The van der Waals surface area contributed by atoms with Gasteiger partial charge < -0.3 is 18.6 Å². The van der Waals surface area contributed by atoms with Gasteiger partial charge in [-0.3, -0.25) is 0 Å². The highest BCUT2D eigenvalue weighted by Gasteiger charge is 2.50. The van der Waals surface area contributed by atoms with Crippen molar-refractivity contribution >= 4 is 31.6 Å². The van der Waals surface area contributed by atoms with Crippen molar-refractivity contribution in [2.75, 3.05) is 0 Å². The minimum Gasteiger partial charge on any atom is -0.519 e. The molecule has 0 aliphatic carbocycles. The van der Waals surface area contributed by atoms with Crippen molar-refractivity contribution in [1.29, 1.82) is 10.5 Å². The van der Waals surface area contributed by atoms with Crippen LogP contribution in [0.3, 0.4) is 0 Å². The van der Waals surface area contributed by atoms with Crippen molar-refractivity contribution in [2.45, 2.75) is 11.0 Å². The molecular weight excluding hydrogens is 578 g/mol. The maximum atomic E-state index is 12.3. The lowest BCUT2D eigenvalue weighted by atomic mass is 10.1. The van der Waals surface area contributed by atoms with E-state index in [1.165, 1.54) is 12.1 Å². The predicted octanol–water partition coefficient (Wildman–Crippen LogP) is 4.09. The molecule has 0 aromatic heterocycles. The third kappa shape index (κ3) is 6.64. The summed E-state index contributed by atoms with van der Waals surface area (Å²) in [6.07, 6.45) is 0. The topological polar surface area (TPSA) is 184 Å². The molecule has 20 heteroatoms. The van der Waals surface area contributed by atoms with E-state index in [1.54, 1.807) is 6.07 Å². The van der Waals surface area contributed by atoms with Gasteiger partial charge in [0.1, 0.15) is 22.6 Å². The lowest BCUT2D eigenvalue weighted by molar-refractivity contribution is -0.0505. The molecule has 0 saturated heterocycles. The second-order valence-electron chi connectivity index (χ2n) is 6.03. The molecule has 0 heterocycles. The summed E-state index contributed by atoms with van der Waals surface area (Å²) in [6.45, 7) is 13.4. The van der Waals surface area contributed by atoms with Crippen LogP contribution in [0, 0.1) is 35.8 Å². The van der Waals surface area contributed by atoms with E-state index >= 15 is 0 Å². The molecule has 0 aliphatic heterocycles. The van der Waals surface area contributed by atoms with Gasteiger partial charge in [-0.2, -0.15) is 53.7 Å². The maximum absolute atomic E-state index is 12.3. The second-order valence-corrected chi connectivity index (χ2v) is 9.10. The van der Waals surface area contributed by atoms with Gasteiger partial charge in [-0.25, -0.2) is 9.69 Å². The minimum absolute atomic E-state index is 0.190. The summed E-state index contributed by atoms with van der Waals surface area (Å²) in [6, 6.07) is 5.44. The minimum atomic E-state index is -6.27. The van der Waals surface area contributed by atoms with Crippen molar-refractivity contribution in [3.05, 3.63) is 58.2 Å². The van der Waals surface area contributed by atoms with Gasteiger partial charge in [0.25, 0.3) is 5.69 Å². The lowest BCUT2D eigenvalue weighted by Crippen LogP contribution is -2.29. The van der Waals surface area contributed by atoms with Crippen molar-refractivity contribution in [3.8, 4) is 35.1 Å². The van der Waals surface area contributed by atoms with E-state index in [0.717, 1.165) is 6.07 Å². The monoisotopic (exact) mass is 584 g/mol. The average Bonchev–Trinajstić information content (AvgIpc) is 2.79.